The molecule has 0 aromatic heterocycles. The number of nitrogens with one attached hydrogen (secondary N) is 1. The smallest absolute Gasteiger partial charge is 0.00670 e. The van der Waals surface area contributed by atoms with Gasteiger partial charge in [0.1, 0.15) is 0 Å². The molecule has 0 aromatic rings. The molecule has 0 bridgehead atoms. The van der Waals surface area contributed by atoms with Crippen molar-refractivity contribution in [1.82, 2.24) is 5.32 Å². The average molecular weight is 400 g/mol. The molecule has 1 N–H and O–H groups in total. The summed E-state index contributed by atoms with van der Waals surface area (Å²) in [5, 5.41) is 3.94. The van der Waals surface area contributed by atoms with E-state index >= 15 is 0 Å². The van der Waals surface area contributed by atoms with E-state index in [-0.39, 0.29) is 0 Å². The first-order valence-corrected chi connectivity index (χ1v) is 13.8. The Bertz CT molecular complexity index is 565. The predicted molar refractivity (Wildman–Crippen MR) is 124 cm³/mol. The molecule has 0 amide bonds. The van der Waals surface area contributed by atoms with E-state index in [1.54, 1.807) is 38.5 Å². The summed E-state index contributed by atoms with van der Waals surface area (Å²) in [5.74, 6) is 6.26. The van der Waals surface area contributed by atoms with Gasteiger partial charge >= 0.3 is 0 Å². The van der Waals surface area contributed by atoms with Crippen LogP contribution in [0.3, 0.4) is 0 Å². The van der Waals surface area contributed by atoms with Crippen LogP contribution >= 0.6 is 0 Å². The van der Waals surface area contributed by atoms with Crippen LogP contribution in [0, 0.1) is 46.3 Å². The maximum Gasteiger partial charge on any atom is 0.00670 e. The lowest BCUT2D eigenvalue weighted by Gasteiger charge is -2.62. The van der Waals surface area contributed by atoms with E-state index in [0.717, 1.165) is 41.5 Å². The van der Waals surface area contributed by atoms with Gasteiger partial charge in [0.25, 0.3) is 0 Å². The summed E-state index contributed by atoms with van der Waals surface area (Å²) in [7, 11) is 0. The molecule has 5 unspecified atom stereocenters. The zero-order valence-electron chi connectivity index (χ0n) is 19.9. The highest BCUT2D eigenvalue weighted by Gasteiger charge is 2.60. The Morgan fingerprint density at radius 2 is 1.52 bits per heavy atom. The third kappa shape index (κ3) is 3.44. The van der Waals surface area contributed by atoms with E-state index in [1.807, 2.05) is 0 Å². The Morgan fingerprint density at radius 3 is 2.31 bits per heavy atom. The fraction of sp³-hybridized carbons (Fsp3) is 1.00. The van der Waals surface area contributed by atoms with E-state index in [0.29, 0.717) is 10.8 Å². The zero-order chi connectivity index (χ0) is 20.1. The SMILES string of the molecule is CC[C@H]1CC2C3CC[C@H](CCNC4CCCC4)C3(C)CC[C@@H]2C2(C)CCCCC12. The number of hydrogen-bond acceptors (Lipinski definition) is 1. The Morgan fingerprint density at radius 1 is 0.759 bits per heavy atom. The second-order valence-corrected chi connectivity index (χ2v) is 12.7. The van der Waals surface area contributed by atoms with Crippen molar-refractivity contribution in [2.24, 2.45) is 46.3 Å². The van der Waals surface area contributed by atoms with Gasteiger partial charge in [-0.25, -0.2) is 0 Å². The molecule has 0 saturated heterocycles. The molecule has 0 aliphatic heterocycles. The summed E-state index contributed by atoms with van der Waals surface area (Å²) in [6, 6.07) is 0.850. The first kappa shape index (κ1) is 20.8. The first-order chi connectivity index (χ1) is 14.1. The predicted octanol–water partition coefficient (Wildman–Crippen LogP) is 7.59. The summed E-state index contributed by atoms with van der Waals surface area (Å²) >= 11 is 0. The fourth-order valence-electron chi connectivity index (χ4n) is 10.2. The van der Waals surface area contributed by atoms with Crippen LogP contribution in [0.25, 0.3) is 0 Å². The topological polar surface area (TPSA) is 12.0 Å². The van der Waals surface area contributed by atoms with E-state index in [4.69, 9.17) is 0 Å². The molecule has 166 valence electrons. The minimum Gasteiger partial charge on any atom is -0.314 e. The first-order valence-electron chi connectivity index (χ1n) is 13.8. The molecule has 8 atom stereocenters. The highest BCUT2D eigenvalue weighted by atomic mass is 14.9. The molecule has 5 aliphatic rings. The standard InChI is InChI=1S/C28H49N/c1-4-20-19-23-25-13-12-21(15-18-29-22-9-5-6-10-22)27(25,2)17-14-26(23)28(3)16-8-7-11-24(20)28/h20-26,29H,4-19H2,1-3H3/t20-,21+,23?,24?,25?,26-,27?,28?/m0/s1. The van der Waals surface area contributed by atoms with Crippen molar-refractivity contribution in [1.29, 1.82) is 0 Å². The van der Waals surface area contributed by atoms with Gasteiger partial charge in [0.2, 0.25) is 0 Å². The van der Waals surface area contributed by atoms with Crippen LogP contribution in [-0.4, -0.2) is 12.6 Å². The lowest BCUT2D eigenvalue weighted by atomic mass is 9.42. The van der Waals surface area contributed by atoms with Crippen LogP contribution in [0.4, 0.5) is 0 Å². The van der Waals surface area contributed by atoms with Crippen molar-refractivity contribution in [3.8, 4) is 0 Å². The lowest BCUT2D eigenvalue weighted by molar-refractivity contribution is -0.135. The summed E-state index contributed by atoms with van der Waals surface area (Å²) in [4.78, 5) is 0. The molecule has 0 radical (unpaired) electrons. The molecular formula is C28H49N. The molecular weight excluding hydrogens is 350 g/mol. The molecule has 5 rings (SSSR count). The van der Waals surface area contributed by atoms with Crippen molar-refractivity contribution in [3.63, 3.8) is 0 Å². The van der Waals surface area contributed by atoms with Crippen molar-refractivity contribution in [2.45, 2.75) is 123 Å². The summed E-state index contributed by atoms with van der Waals surface area (Å²) in [6.45, 7) is 9.31. The van der Waals surface area contributed by atoms with Crippen molar-refractivity contribution < 1.29 is 0 Å². The lowest BCUT2D eigenvalue weighted by Crippen LogP contribution is -2.55. The van der Waals surface area contributed by atoms with Gasteiger partial charge in [0, 0.05) is 6.04 Å². The van der Waals surface area contributed by atoms with Gasteiger partial charge in [0.15, 0.2) is 0 Å². The van der Waals surface area contributed by atoms with Crippen LogP contribution in [0.2, 0.25) is 0 Å². The average Bonchev–Trinajstić information content (AvgIpc) is 3.35. The highest BCUT2D eigenvalue weighted by molar-refractivity contribution is 5.10. The van der Waals surface area contributed by atoms with Gasteiger partial charge in [-0.05, 0) is 117 Å². The Balaban J connectivity index is 1.29. The molecule has 5 saturated carbocycles. The highest BCUT2D eigenvalue weighted by Crippen LogP contribution is 2.69. The van der Waals surface area contributed by atoms with Crippen molar-refractivity contribution in [3.05, 3.63) is 0 Å². The Kier molecular flexibility index (Phi) is 5.85. The molecule has 0 heterocycles. The van der Waals surface area contributed by atoms with E-state index < -0.39 is 0 Å². The van der Waals surface area contributed by atoms with Crippen molar-refractivity contribution >= 4 is 0 Å². The molecule has 0 spiro atoms. The Labute approximate surface area is 181 Å². The van der Waals surface area contributed by atoms with Crippen LogP contribution in [-0.2, 0) is 0 Å². The summed E-state index contributed by atoms with van der Waals surface area (Å²) in [6.07, 6.45) is 22.6. The van der Waals surface area contributed by atoms with Gasteiger partial charge in [0.05, 0.1) is 0 Å². The maximum absolute atomic E-state index is 3.94. The van der Waals surface area contributed by atoms with Gasteiger partial charge < -0.3 is 5.32 Å². The van der Waals surface area contributed by atoms with Gasteiger partial charge in [-0.1, -0.05) is 52.9 Å². The normalized spacial score (nSPS) is 50.2. The molecule has 5 aliphatic carbocycles. The second kappa shape index (κ2) is 8.14. The maximum atomic E-state index is 3.94. The minimum absolute atomic E-state index is 0.661. The monoisotopic (exact) mass is 399 g/mol. The fourth-order valence-corrected chi connectivity index (χ4v) is 10.2. The molecule has 1 heteroatoms. The molecule has 0 aromatic carbocycles. The van der Waals surface area contributed by atoms with Crippen LogP contribution in [0.1, 0.15) is 117 Å². The van der Waals surface area contributed by atoms with E-state index in [9.17, 15) is 0 Å². The quantitative estimate of drug-likeness (QED) is 0.502. The number of hydrogen-bond donors (Lipinski definition) is 1. The molecule has 5 fully saturated rings. The summed E-state index contributed by atoms with van der Waals surface area (Å²) in [5.41, 5.74) is 1.35. The zero-order valence-corrected chi connectivity index (χ0v) is 19.9. The van der Waals surface area contributed by atoms with Crippen LogP contribution in [0.15, 0.2) is 0 Å². The second-order valence-electron chi connectivity index (χ2n) is 12.7. The Hall–Kier alpha value is -0.0400. The van der Waals surface area contributed by atoms with Crippen LogP contribution in [0.5, 0.6) is 0 Å². The van der Waals surface area contributed by atoms with Crippen LogP contribution < -0.4 is 5.32 Å². The van der Waals surface area contributed by atoms with Gasteiger partial charge in [-0.15, -0.1) is 0 Å². The van der Waals surface area contributed by atoms with Gasteiger partial charge in [-0.3, -0.25) is 0 Å². The van der Waals surface area contributed by atoms with E-state index in [1.165, 1.54) is 64.3 Å². The van der Waals surface area contributed by atoms with E-state index in [2.05, 4.69) is 26.1 Å². The number of fused-ring (bicyclic) bond motifs is 5. The minimum atomic E-state index is 0.661. The summed E-state index contributed by atoms with van der Waals surface area (Å²) < 4.78 is 0. The molecule has 29 heavy (non-hydrogen) atoms. The molecule has 1 nitrogen and oxygen atoms in total. The van der Waals surface area contributed by atoms with Crippen molar-refractivity contribution in [2.75, 3.05) is 6.54 Å². The van der Waals surface area contributed by atoms with Gasteiger partial charge in [-0.2, -0.15) is 0 Å². The third-order valence-electron chi connectivity index (χ3n) is 11.8. The third-order valence-corrected chi connectivity index (χ3v) is 11.8. The largest absolute Gasteiger partial charge is 0.314 e. The number of rotatable bonds is 5.